The van der Waals surface area contributed by atoms with Crippen LogP contribution >= 0.6 is 0 Å². The normalized spacial score (nSPS) is 20.5. The summed E-state index contributed by atoms with van der Waals surface area (Å²) in [6.07, 6.45) is 0.984. The van der Waals surface area contributed by atoms with Gasteiger partial charge in [-0.15, -0.1) is 0 Å². The summed E-state index contributed by atoms with van der Waals surface area (Å²) in [7, 11) is 0. The molecule has 0 N–H and O–H groups in total. The van der Waals surface area contributed by atoms with Crippen LogP contribution in [0.4, 0.5) is 0 Å². The molecule has 0 saturated carbocycles. The fraction of sp³-hybridized carbons (Fsp3) is 0.130. The van der Waals surface area contributed by atoms with Gasteiger partial charge >= 0.3 is 0 Å². The zero-order valence-corrected chi connectivity index (χ0v) is 13.6. The molecule has 120 valence electrons. The highest BCUT2D eigenvalue weighted by Gasteiger charge is 2.41. The second kappa shape index (κ2) is 4.84. The standard InChI is InChI=1S/C23H16O2/c1-2-8-16-14(6-1)7-5-11-17(16)20-12-15-13-21-18-9-3-4-10-19(18)23(25-21)22(15)24-20/h1-12,21,23H,13H2. The highest BCUT2D eigenvalue weighted by Crippen LogP contribution is 2.51. The van der Waals surface area contributed by atoms with E-state index in [-0.39, 0.29) is 12.2 Å². The lowest BCUT2D eigenvalue weighted by Gasteiger charge is -2.19. The Balaban J connectivity index is 1.53. The molecule has 0 radical (unpaired) electrons. The van der Waals surface area contributed by atoms with E-state index in [4.69, 9.17) is 9.15 Å². The van der Waals surface area contributed by atoms with Gasteiger partial charge in [0.1, 0.15) is 17.6 Å². The number of furan rings is 1. The number of benzene rings is 3. The lowest BCUT2D eigenvalue weighted by atomic mass is 10.0. The number of rotatable bonds is 1. The molecule has 2 heteroatoms. The lowest BCUT2D eigenvalue weighted by Crippen LogP contribution is -2.10. The average molecular weight is 324 g/mol. The van der Waals surface area contributed by atoms with Gasteiger partial charge in [-0.05, 0) is 28.0 Å². The van der Waals surface area contributed by atoms with E-state index >= 15 is 0 Å². The minimum atomic E-state index is -0.0614. The van der Waals surface area contributed by atoms with Crippen LogP contribution in [-0.4, -0.2) is 0 Å². The topological polar surface area (TPSA) is 22.4 Å². The highest BCUT2D eigenvalue weighted by molar-refractivity contribution is 5.95. The molecule has 0 fully saturated rings. The SMILES string of the molecule is c1ccc2c(c1)C1Cc3cc(-c4cccc5ccccc45)oc3C2O1. The molecule has 3 aromatic carbocycles. The largest absolute Gasteiger partial charge is 0.458 e. The first kappa shape index (κ1) is 13.5. The van der Waals surface area contributed by atoms with Crippen molar-refractivity contribution in [3.05, 3.63) is 95.2 Å². The molecule has 2 aliphatic rings. The Morgan fingerprint density at radius 3 is 2.56 bits per heavy atom. The molecule has 0 amide bonds. The molecule has 0 spiro atoms. The van der Waals surface area contributed by atoms with Crippen LogP contribution in [0, 0.1) is 0 Å². The Bertz CT molecular complexity index is 1120. The fourth-order valence-corrected chi connectivity index (χ4v) is 4.31. The van der Waals surface area contributed by atoms with Gasteiger partial charge in [-0.25, -0.2) is 0 Å². The van der Waals surface area contributed by atoms with Gasteiger partial charge in [-0.1, -0.05) is 66.7 Å². The third kappa shape index (κ3) is 1.83. The second-order valence-corrected chi connectivity index (χ2v) is 6.86. The van der Waals surface area contributed by atoms with Crippen molar-refractivity contribution in [2.24, 2.45) is 0 Å². The van der Waals surface area contributed by atoms with Gasteiger partial charge < -0.3 is 9.15 Å². The van der Waals surface area contributed by atoms with Crippen LogP contribution in [0.25, 0.3) is 22.1 Å². The quantitative estimate of drug-likeness (QED) is 0.440. The first-order valence-electron chi connectivity index (χ1n) is 8.73. The molecule has 2 nitrogen and oxygen atoms in total. The summed E-state index contributed by atoms with van der Waals surface area (Å²) in [6.45, 7) is 0. The van der Waals surface area contributed by atoms with Crippen molar-refractivity contribution in [2.45, 2.75) is 18.6 Å². The van der Waals surface area contributed by atoms with E-state index in [1.54, 1.807) is 0 Å². The van der Waals surface area contributed by atoms with Crippen LogP contribution in [0.3, 0.4) is 0 Å². The van der Waals surface area contributed by atoms with Gasteiger partial charge in [0, 0.05) is 17.5 Å². The van der Waals surface area contributed by atoms with Crippen molar-refractivity contribution in [3.8, 4) is 11.3 Å². The summed E-state index contributed by atoms with van der Waals surface area (Å²) in [5, 5.41) is 2.46. The Morgan fingerprint density at radius 2 is 1.60 bits per heavy atom. The molecule has 3 heterocycles. The van der Waals surface area contributed by atoms with Crippen LogP contribution in [-0.2, 0) is 11.2 Å². The number of hydrogen-bond acceptors (Lipinski definition) is 2. The molecule has 4 aromatic rings. The van der Waals surface area contributed by atoms with Gasteiger partial charge in [0.05, 0.1) is 6.10 Å². The van der Waals surface area contributed by atoms with E-state index in [1.165, 1.54) is 27.5 Å². The van der Waals surface area contributed by atoms with Crippen molar-refractivity contribution in [1.82, 2.24) is 0 Å². The number of hydrogen-bond donors (Lipinski definition) is 0. The zero-order valence-electron chi connectivity index (χ0n) is 13.6. The third-order valence-electron chi connectivity index (χ3n) is 5.47. The summed E-state index contributed by atoms with van der Waals surface area (Å²) in [5.74, 6) is 1.92. The van der Waals surface area contributed by atoms with Crippen molar-refractivity contribution in [3.63, 3.8) is 0 Å². The van der Waals surface area contributed by atoms with Crippen molar-refractivity contribution in [2.75, 3.05) is 0 Å². The van der Waals surface area contributed by atoms with Gasteiger partial charge in [-0.3, -0.25) is 0 Å². The predicted octanol–water partition coefficient (Wildman–Crippen LogP) is 5.82. The maximum atomic E-state index is 6.36. The molecular weight excluding hydrogens is 308 g/mol. The van der Waals surface area contributed by atoms with E-state index in [1.807, 2.05) is 0 Å². The molecule has 25 heavy (non-hydrogen) atoms. The van der Waals surface area contributed by atoms with E-state index < -0.39 is 0 Å². The Labute approximate surface area is 145 Å². The van der Waals surface area contributed by atoms with Crippen LogP contribution in [0.2, 0.25) is 0 Å². The maximum Gasteiger partial charge on any atom is 0.142 e. The first-order valence-corrected chi connectivity index (χ1v) is 8.73. The summed E-state index contributed by atoms with van der Waals surface area (Å²) in [4.78, 5) is 0. The van der Waals surface area contributed by atoms with Crippen LogP contribution in [0.15, 0.2) is 77.2 Å². The Kier molecular flexibility index (Phi) is 2.60. The van der Waals surface area contributed by atoms with E-state index in [2.05, 4.69) is 72.8 Å². The summed E-state index contributed by atoms with van der Waals surface area (Å²) in [6, 6.07) is 25.5. The van der Waals surface area contributed by atoms with Gasteiger partial charge in [0.15, 0.2) is 0 Å². The molecule has 2 unspecified atom stereocenters. The zero-order chi connectivity index (χ0) is 16.4. The maximum absolute atomic E-state index is 6.36. The Hall–Kier alpha value is -2.84. The summed E-state index contributed by atoms with van der Waals surface area (Å²) >= 11 is 0. The molecule has 2 aliphatic heterocycles. The molecule has 0 aliphatic carbocycles. The smallest absolute Gasteiger partial charge is 0.142 e. The van der Waals surface area contributed by atoms with Crippen LogP contribution in [0.1, 0.15) is 34.7 Å². The minimum Gasteiger partial charge on any atom is -0.458 e. The molecular formula is C23H16O2. The summed E-state index contributed by atoms with van der Waals surface area (Å²) < 4.78 is 12.6. The summed E-state index contributed by atoms with van der Waals surface area (Å²) in [5.41, 5.74) is 4.99. The van der Waals surface area contributed by atoms with Crippen molar-refractivity contribution >= 4 is 10.8 Å². The second-order valence-electron chi connectivity index (χ2n) is 6.86. The molecule has 2 bridgehead atoms. The van der Waals surface area contributed by atoms with Crippen molar-refractivity contribution in [1.29, 1.82) is 0 Å². The number of fused-ring (bicyclic) bond motifs is 8. The van der Waals surface area contributed by atoms with E-state index in [9.17, 15) is 0 Å². The van der Waals surface area contributed by atoms with Crippen LogP contribution < -0.4 is 0 Å². The molecule has 0 saturated heterocycles. The van der Waals surface area contributed by atoms with Gasteiger partial charge in [0.25, 0.3) is 0 Å². The Morgan fingerprint density at radius 1 is 0.800 bits per heavy atom. The highest BCUT2D eigenvalue weighted by atomic mass is 16.5. The lowest BCUT2D eigenvalue weighted by molar-refractivity contribution is 0.00912. The van der Waals surface area contributed by atoms with E-state index in [0.717, 1.165) is 23.5 Å². The van der Waals surface area contributed by atoms with E-state index in [0.29, 0.717) is 0 Å². The minimum absolute atomic E-state index is 0.0614. The van der Waals surface area contributed by atoms with Crippen LogP contribution in [0.5, 0.6) is 0 Å². The fourth-order valence-electron chi connectivity index (χ4n) is 4.31. The monoisotopic (exact) mass is 324 g/mol. The predicted molar refractivity (Wildman–Crippen MR) is 97.5 cm³/mol. The van der Waals surface area contributed by atoms with Gasteiger partial charge in [0.2, 0.25) is 0 Å². The first-order chi connectivity index (χ1) is 12.4. The molecule has 2 atom stereocenters. The molecule has 6 rings (SSSR count). The van der Waals surface area contributed by atoms with Gasteiger partial charge in [-0.2, -0.15) is 0 Å². The third-order valence-corrected chi connectivity index (χ3v) is 5.47. The van der Waals surface area contributed by atoms with Crippen molar-refractivity contribution < 1.29 is 9.15 Å². The average Bonchev–Trinajstić information content (AvgIpc) is 3.23. The molecule has 1 aromatic heterocycles. The number of ether oxygens (including phenoxy) is 1.